The Kier molecular flexibility index (Phi) is 5.44. The van der Waals surface area contributed by atoms with Gasteiger partial charge in [-0.05, 0) is 24.1 Å². The van der Waals surface area contributed by atoms with Gasteiger partial charge in [-0.3, -0.25) is 0 Å². The minimum Gasteiger partial charge on any atom is -0.368 e. The molecule has 100 valence electrons. The molecule has 0 aliphatic carbocycles. The van der Waals surface area contributed by atoms with E-state index in [-0.39, 0.29) is 6.10 Å². The second-order valence-corrected chi connectivity index (χ2v) is 5.51. The molecule has 1 atom stereocenters. The standard InChI is InChI=1S/C16H16BrClO/c1-12-5-4-7-13(9-12)16(10-17)19-11-14-6-2-3-8-15(14)18/h2-9,16H,10-11H2,1H3. The number of hydrogen-bond donors (Lipinski definition) is 0. The van der Waals surface area contributed by atoms with E-state index in [2.05, 4.69) is 47.1 Å². The number of benzene rings is 2. The summed E-state index contributed by atoms with van der Waals surface area (Å²) in [5.74, 6) is 0. The first kappa shape index (κ1) is 14.6. The van der Waals surface area contributed by atoms with Crippen molar-refractivity contribution in [3.8, 4) is 0 Å². The molecular weight excluding hydrogens is 324 g/mol. The average Bonchev–Trinajstić information content (AvgIpc) is 2.41. The molecule has 0 amide bonds. The minimum absolute atomic E-state index is 0.0381. The van der Waals surface area contributed by atoms with E-state index in [4.69, 9.17) is 16.3 Å². The zero-order valence-corrected chi connectivity index (χ0v) is 13.1. The number of halogens is 2. The zero-order chi connectivity index (χ0) is 13.7. The average molecular weight is 340 g/mol. The summed E-state index contributed by atoms with van der Waals surface area (Å²) in [6.45, 7) is 2.60. The van der Waals surface area contributed by atoms with Crippen LogP contribution < -0.4 is 0 Å². The van der Waals surface area contributed by atoms with Gasteiger partial charge in [0.25, 0.3) is 0 Å². The molecule has 0 bridgehead atoms. The van der Waals surface area contributed by atoms with Gasteiger partial charge in [-0.1, -0.05) is 75.6 Å². The van der Waals surface area contributed by atoms with Crippen molar-refractivity contribution >= 4 is 27.5 Å². The van der Waals surface area contributed by atoms with E-state index >= 15 is 0 Å². The van der Waals surface area contributed by atoms with E-state index in [0.29, 0.717) is 6.61 Å². The molecule has 2 aromatic carbocycles. The predicted octanol–water partition coefficient (Wildman–Crippen LogP) is 5.30. The van der Waals surface area contributed by atoms with E-state index in [1.54, 1.807) is 0 Å². The van der Waals surface area contributed by atoms with E-state index in [1.165, 1.54) is 11.1 Å². The number of aryl methyl sites for hydroxylation is 1. The summed E-state index contributed by atoms with van der Waals surface area (Å²) in [6.07, 6.45) is 0.0381. The molecule has 0 fully saturated rings. The second kappa shape index (κ2) is 7.09. The predicted molar refractivity (Wildman–Crippen MR) is 84.0 cm³/mol. The van der Waals surface area contributed by atoms with Crippen molar-refractivity contribution in [3.63, 3.8) is 0 Å². The molecular formula is C16H16BrClO. The second-order valence-electron chi connectivity index (χ2n) is 4.46. The maximum atomic E-state index is 6.13. The summed E-state index contributed by atoms with van der Waals surface area (Å²) in [4.78, 5) is 0. The van der Waals surface area contributed by atoms with Crippen molar-refractivity contribution < 1.29 is 4.74 Å². The smallest absolute Gasteiger partial charge is 0.0926 e. The van der Waals surface area contributed by atoms with Gasteiger partial charge in [-0.2, -0.15) is 0 Å². The van der Waals surface area contributed by atoms with Gasteiger partial charge in [0.1, 0.15) is 0 Å². The van der Waals surface area contributed by atoms with Gasteiger partial charge in [-0.25, -0.2) is 0 Å². The van der Waals surface area contributed by atoms with E-state index in [9.17, 15) is 0 Å². The molecule has 0 heterocycles. The normalized spacial score (nSPS) is 12.4. The Labute approximate surface area is 127 Å². The van der Waals surface area contributed by atoms with Crippen molar-refractivity contribution in [1.29, 1.82) is 0 Å². The van der Waals surface area contributed by atoms with Crippen LogP contribution in [0.15, 0.2) is 48.5 Å². The highest BCUT2D eigenvalue weighted by molar-refractivity contribution is 9.09. The molecule has 0 saturated heterocycles. The van der Waals surface area contributed by atoms with E-state index in [1.807, 2.05) is 24.3 Å². The maximum absolute atomic E-state index is 6.13. The summed E-state index contributed by atoms with van der Waals surface area (Å²) in [7, 11) is 0. The van der Waals surface area contributed by atoms with E-state index in [0.717, 1.165) is 15.9 Å². The van der Waals surface area contributed by atoms with E-state index < -0.39 is 0 Å². The van der Waals surface area contributed by atoms with Crippen molar-refractivity contribution in [2.24, 2.45) is 0 Å². The molecule has 3 heteroatoms. The summed E-state index contributed by atoms with van der Waals surface area (Å²) in [6, 6.07) is 16.2. The van der Waals surface area contributed by atoms with Gasteiger partial charge >= 0.3 is 0 Å². The molecule has 0 aliphatic heterocycles. The van der Waals surface area contributed by atoms with Gasteiger partial charge in [0.2, 0.25) is 0 Å². The van der Waals surface area contributed by atoms with Crippen molar-refractivity contribution in [1.82, 2.24) is 0 Å². The first-order chi connectivity index (χ1) is 9.20. The molecule has 0 N–H and O–H groups in total. The molecule has 0 spiro atoms. The lowest BCUT2D eigenvalue weighted by atomic mass is 10.1. The number of rotatable bonds is 5. The Balaban J connectivity index is 2.06. The van der Waals surface area contributed by atoms with Crippen molar-refractivity contribution in [2.45, 2.75) is 19.6 Å². The fourth-order valence-electron chi connectivity index (χ4n) is 1.91. The maximum Gasteiger partial charge on any atom is 0.0926 e. The lowest BCUT2D eigenvalue weighted by molar-refractivity contribution is 0.0566. The Bertz CT molecular complexity index is 542. The lowest BCUT2D eigenvalue weighted by Crippen LogP contribution is -2.06. The van der Waals surface area contributed by atoms with Gasteiger partial charge in [0.05, 0.1) is 12.7 Å². The van der Waals surface area contributed by atoms with Crippen LogP contribution in [-0.4, -0.2) is 5.33 Å². The Morgan fingerprint density at radius 2 is 1.95 bits per heavy atom. The zero-order valence-electron chi connectivity index (χ0n) is 10.8. The molecule has 2 rings (SSSR count). The molecule has 0 aliphatic rings. The van der Waals surface area contributed by atoms with Crippen molar-refractivity contribution in [3.05, 3.63) is 70.2 Å². The van der Waals surface area contributed by atoms with Crippen LogP contribution in [0.2, 0.25) is 5.02 Å². The third-order valence-corrected chi connectivity index (χ3v) is 3.91. The van der Waals surface area contributed by atoms with Gasteiger partial charge in [0, 0.05) is 10.4 Å². The Morgan fingerprint density at radius 3 is 2.63 bits per heavy atom. The number of hydrogen-bond acceptors (Lipinski definition) is 1. The third kappa shape index (κ3) is 4.07. The highest BCUT2D eigenvalue weighted by atomic mass is 79.9. The SMILES string of the molecule is Cc1cccc(C(CBr)OCc2ccccc2Cl)c1. The molecule has 2 aromatic rings. The highest BCUT2D eigenvalue weighted by Gasteiger charge is 2.11. The number of ether oxygens (including phenoxy) is 1. The van der Waals surface area contributed by atoms with Crippen molar-refractivity contribution in [2.75, 3.05) is 5.33 Å². The fraction of sp³-hybridized carbons (Fsp3) is 0.250. The highest BCUT2D eigenvalue weighted by Crippen LogP contribution is 2.24. The van der Waals surface area contributed by atoms with Crippen LogP contribution in [0.3, 0.4) is 0 Å². The summed E-state index contributed by atoms with van der Waals surface area (Å²) in [5, 5.41) is 1.51. The number of alkyl halides is 1. The topological polar surface area (TPSA) is 9.23 Å². The molecule has 0 saturated carbocycles. The molecule has 19 heavy (non-hydrogen) atoms. The fourth-order valence-corrected chi connectivity index (χ4v) is 2.66. The molecule has 0 aromatic heterocycles. The van der Waals surface area contributed by atoms with Crippen LogP contribution in [-0.2, 0) is 11.3 Å². The Hall–Kier alpha value is -0.830. The summed E-state index contributed by atoms with van der Waals surface area (Å²) in [5.41, 5.74) is 3.44. The van der Waals surface area contributed by atoms with Gasteiger partial charge in [-0.15, -0.1) is 0 Å². The van der Waals surface area contributed by atoms with Crippen LogP contribution in [0.25, 0.3) is 0 Å². The third-order valence-electron chi connectivity index (χ3n) is 2.95. The van der Waals surface area contributed by atoms with Crippen LogP contribution in [0, 0.1) is 6.92 Å². The van der Waals surface area contributed by atoms with Crippen LogP contribution in [0.4, 0.5) is 0 Å². The van der Waals surface area contributed by atoms with Gasteiger partial charge in [0.15, 0.2) is 0 Å². The first-order valence-corrected chi connectivity index (χ1v) is 7.68. The Morgan fingerprint density at radius 1 is 1.16 bits per heavy atom. The first-order valence-electron chi connectivity index (χ1n) is 6.18. The van der Waals surface area contributed by atoms with Crippen LogP contribution in [0.1, 0.15) is 22.8 Å². The molecule has 1 nitrogen and oxygen atoms in total. The van der Waals surface area contributed by atoms with Crippen LogP contribution in [0.5, 0.6) is 0 Å². The van der Waals surface area contributed by atoms with Gasteiger partial charge < -0.3 is 4.74 Å². The quantitative estimate of drug-likeness (QED) is 0.672. The van der Waals surface area contributed by atoms with Crippen LogP contribution >= 0.6 is 27.5 Å². The summed E-state index contributed by atoms with van der Waals surface area (Å²) >= 11 is 9.64. The minimum atomic E-state index is 0.0381. The molecule has 0 radical (unpaired) electrons. The largest absolute Gasteiger partial charge is 0.368 e. The summed E-state index contributed by atoms with van der Waals surface area (Å²) < 4.78 is 5.97. The monoisotopic (exact) mass is 338 g/mol. The molecule has 1 unspecified atom stereocenters. The lowest BCUT2D eigenvalue weighted by Gasteiger charge is -2.17.